The van der Waals surface area contributed by atoms with Gasteiger partial charge in [0.2, 0.25) is 5.84 Å². The maximum absolute atomic E-state index is 7.50. The summed E-state index contributed by atoms with van der Waals surface area (Å²) in [4.78, 5) is 1.06. The van der Waals surface area contributed by atoms with Crippen LogP contribution in [0.5, 0.6) is 0 Å². The average Bonchev–Trinajstić information content (AvgIpc) is 2.38. The lowest BCUT2D eigenvalue weighted by Gasteiger charge is -1.93. The van der Waals surface area contributed by atoms with Gasteiger partial charge in [0.05, 0.1) is 6.54 Å². The Kier molecular flexibility index (Phi) is 2.59. The van der Waals surface area contributed by atoms with Gasteiger partial charge in [0.25, 0.3) is 0 Å². The Bertz CT molecular complexity index is 203. The van der Waals surface area contributed by atoms with Crippen LogP contribution in [-0.4, -0.2) is 12.4 Å². The summed E-state index contributed by atoms with van der Waals surface area (Å²) in [5.41, 5.74) is 0. The molecule has 54 valence electrons. The van der Waals surface area contributed by atoms with Crippen LogP contribution in [0.15, 0.2) is 17.5 Å². The van der Waals surface area contributed by atoms with E-state index in [1.165, 1.54) is 0 Å². The molecule has 1 aromatic rings. The second-order valence-electron chi connectivity index (χ2n) is 2.00. The number of amidine groups is 1. The van der Waals surface area contributed by atoms with Crippen LogP contribution >= 0.6 is 11.3 Å². The van der Waals surface area contributed by atoms with E-state index in [-0.39, 0.29) is 0 Å². The minimum Gasteiger partial charge on any atom is -0.297 e. The third-order valence-electron chi connectivity index (χ3n) is 1.19. The third kappa shape index (κ3) is 1.65. The van der Waals surface area contributed by atoms with Gasteiger partial charge in [-0.2, -0.15) is 0 Å². The Morgan fingerprint density at radius 2 is 2.60 bits per heavy atom. The summed E-state index contributed by atoms with van der Waals surface area (Å²) in [6.45, 7) is 2.99. The first-order valence-corrected chi connectivity index (χ1v) is 4.18. The zero-order valence-corrected chi connectivity index (χ0v) is 6.74. The summed E-state index contributed by atoms with van der Waals surface area (Å²) in [5, 5.41) is 11.4. The van der Waals surface area contributed by atoms with Crippen molar-refractivity contribution in [3.8, 4) is 0 Å². The fourth-order valence-electron chi connectivity index (χ4n) is 0.737. The zero-order valence-electron chi connectivity index (χ0n) is 5.92. The number of quaternary nitrogens is 1. The maximum Gasteiger partial charge on any atom is 0.234 e. The molecule has 0 radical (unpaired) electrons. The highest BCUT2D eigenvalue weighted by atomic mass is 32.1. The van der Waals surface area contributed by atoms with E-state index in [9.17, 15) is 0 Å². The number of hydrogen-bond acceptors (Lipinski definition) is 2. The van der Waals surface area contributed by atoms with Crippen LogP contribution in [0.3, 0.4) is 0 Å². The molecule has 1 rings (SSSR count). The van der Waals surface area contributed by atoms with Gasteiger partial charge < -0.3 is 0 Å². The molecule has 0 saturated carbocycles. The van der Waals surface area contributed by atoms with Crippen LogP contribution in [-0.2, 0) is 0 Å². The first kappa shape index (κ1) is 7.44. The van der Waals surface area contributed by atoms with Crippen molar-refractivity contribution in [1.82, 2.24) is 0 Å². The number of nitrogen functional groups attached to an aromatic ring is 1. The molecule has 0 aliphatic carbocycles. The van der Waals surface area contributed by atoms with Crippen LogP contribution in [0.1, 0.15) is 11.8 Å². The molecule has 0 aliphatic heterocycles. The molecule has 0 atom stereocenters. The summed E-state index contributed by atoms with van der Waals surface area (Å²) in [6, 6.07) is 3.94. The second kappa shape index (κ2) is 3.49. The number of hydrogen-bond donors (Lipinski definition) is 2. The van der Waals surface area contributed by atoms with E-state index >= 15 is 0 Å². The molecule has 1 aromatic heterocycles. The molecule has 1 heterocycles. The minimum atomic E-state index is 0.650. The molecular formula is C7H11N2S+. The van der Waals surface area contributed by atoms with E-state index in [0.717, 1.165) is 11.4 Å². The van der Waals surface area contributed by atoms with E-state index in [1.54, 1.807) is 11.3 Å². The highest BCUT2D eigenvalue weighted by Gasteiger charge is 2.02. The molecule has 3 heteroatoms. The fourth-order valence-corrected chi connectivity index (χ4v) is 1.41. The predicted molar refractivity (Wildman–Crippen MR) is 43.6 cm³/mol. The van der Waals surface area contributed by atoms with Crippen LogP contribution in [0, 0.1) is 5.41 Å². The van der Waals surface area contributed by atoms with Gasteiger partial charge in [-0.15, -0.1) is 11.3 Å². The maximum atomic E-state index is 7.50. The van der Waals surface area contributed by atoms with E-state index in [2.05, 4.69) is 0 Å². The molecule has 0 unspecified atom stereocenters. The Morgan fingerprint density at radius 3 is 3.10 bits per heavy atom. The molecule has 0 amide bonds. The lowest BCUT2D eigenvalue weighted by atomic mass is 10.4. The van der Waals surface area contributed by atoms with Crippen molar-refractivity contribution in [3.63, 3.8) is 0 Å². The smallest absolute Gasteiger partial charge is 0.234 e. The summed E-state index contributed by atoms with van der Waals surface area (Å²) >= 11 is 1.62. The van der Waals surface area contributed by atoms with Crippen LogP contribution in [0.4, 0.5) is 0 Å². The van der Waals surface area contributed by atoms with E-state index < -0.39 is 0 Å². The quantitative estimate of drug-likeness (QED) is 0.465. The topological polar surface area (TPSA) is 40.5 Å². The largest absolute Gasteiger partial charge is 0.297 e. The Morgan fingerprint density at radius 1 is 1.80 bits per heavy atom. The molecule has 2 nitrogen and oxygen atoms in total. The van der Waals surface area contributed by atoms with E-state index in [4.69, 9.17) is 5.41 Å². The summed E-state index contributed by atoms with van der Waals surface area (Å²) in [5.74, 6) is 0.650. The van der Waals surface area contributed by atoms with E-state index in [1.807, 2.05) is 29.8 Å². The molecular weight excluding hydrogens is 144 g/mol. The van der Waals surface area contributed by atoms with Crippen molar-refractivity contribution in [2.75, 3.05) is 6.54 Å². The standard InChI is InChI=1S/C7H10N2S/c1-2-9-7(8)6-4-3-5-10-6/h3-5H,2H2,1H3,(H2,8,9)/p+1. The highest BCUT2D eigenvalue weighted by molar-refractivity contribution is 7.11. The molecule has 10 heavy (non-hydrogen) atoms. The Balaban J connectivity index is 2.59. The van der Waals surface area contributed by atoms with Crippen molar-refractivity contribution in [2.45, 2.75) is 6.92 Å². The number of thiophene rings is 1. The molecule has 0 bridgehead atoms. The van der Waals surface area contributed by atoms with Crippen LogP contribution in [0.25, 0.3) is 0 Å². The first-order chi connectivity index (χ1) is 4.84. The van der Waals surface area contributed by atoms with Crippen molar-refractivity contribution in [2.24, 2.45) is 0 Å². The minimum absolute atomic E-state index is 0.650. The monoisotopic (exact) mass is 155 g/mol. The lowest BCUT2D eigenvalue weighted by molar-refractivity contribution is -0.535. The predicted octanol–water partition coefficient (Wildman–Crippen LogP) is 0.657. The van der Waals surface area contributed by atoms with Crippen molar-refractivity contribution in [3.05, 3.63) is 22.4 Å². The number of nitrogens with two attached hydrogens (primary N) is 1. The zero-order chi connectivity index (χ0) is 7.40. The number of nitrogens with one attached hydrogen (secondary N) is 1. The summed E-state index contributed by atoms with van der Waals surface area (Å²) in [6.07, 6.45) is 0. The van der Waals surface area contributed by atoms with Gasteiger partial charge in [-0.05, 0) is 18.4 Å². The van der Waals surface area contributed by atoms with Gasteiger partial charge in [0.15, 0.2) is 0 Å². The molecule has 0 fully saturated rings. The molecule has 0 saturated heterocycles. The lowest BCUT2D eigenvalue weighted by Crippen LogP contribution is -2.87. The van der Waals surface area contributed by atoms with E-state index in [0.29, 0.717) is 5.84 Å². The normalized spacial score (nSPS) is 9.70. The second-order valence-corrected chi connectivity index (χ2v) is 2.95. The van der Waals surface area contributed by atoms with Gasteiger partial charge in [0.1, 0.15) is 4.88 Å². The average molecular weight is 155 g/mol. The molecule has 0 aromatic carbocycles. The van der Waals surface area contributed by atoms with Crippen LogP contribution in [0.2, 0.25) is 0 Å². The first-order valence-electron chi connectivity index (χ1n) is 3.30. The third-order valence-corrected chi connectivity index (χ3v) is 2.10. The van der Waals surface area contributed by atoms with Crippen molar-refractivity contribution in [1.29, 1.82) is 5.41 Å². The van der Waals surface area contributed by atoms with Gasteiger partial charge >= 0.3 is 0 Å². The van der Waals surface area contributed by atoms with Crippen molar-refractivity contribution < 1.29 is 5.32 Å². The van der Waals surface area contributed by atoms with Gasteiger partial charge in [0, 0.05) is 0 Å². The van der Waals surface area contributed by atoms with Gasteiger partial charge in [-0.3, -0.25) is 5.32 Å². The SMILES string of the molecule is CC[NH2+]C(=N)c1cccs1. The highest BCUT2D eigenvalue weighted by Crippen LogP contribution is 2.05. The summed E-state index contributed by atoms with van der Waals surface area (Å²) in [7, 11) is 0. The molecule has 3 N–H and O–H groups in total. The number of rotatable bonds is 2. The molecule has 0 spiro atoms. The Hall–Kier alpha value is -0.670. The molecule has 0 aliphatic rings. The van der Waals surface area contributed by atoms with Gasteiger partial charge in [-0.1, -0.05) is 6.07 Å². The Labute approximate surface area is 64.4 Å². The van der Waals surface area contributed by atoms with Crippen LogP contribution < -0.4 is 5.32 Å². The fraction of sp³-hybridized carbons (Fsp3) is 0.286. The van der Waals surface area contributed by atoms with Gasteiger partial charge in [-0.25, -0.2) is 5.41 Å². The summed E-state index contributed by atoms with van der Waals surface area (Å²) < 4.78 is 0. The van der Waals surface area contributed by atoms with Crippen molar-refractivity contribution >= 4 is 17.2 Å².